The van der Waals surface area contributed by atoms with Gasteiger partial charge in [-0.1, -0.05) is 40.0 Å². The van der Waals surface area contributed by atoms with E-state index in [-0.39, 0.29) is 12.2 Å². The maximum absolute atomic E-state index is 12.5. The number of hydrogen-bond donors (Lipinski definition) is 1. The van der Waals surface area contributed by atoms with Crippen LogP contribution in [0.2, 0.25) is 0 Å². The molecule has 1 aliphatic heterocycles. The summed E-state index contributed by atoms with van der Waals surface area (Å²) in [5, 5.41) is 3.54. The largest absolute Gasteiger partial charge is 0.323 e. The van der Waals surface area contributed by atoms with Crippen LogP contribution in [0.25, 0.3) is 0 Å². The van der Waals surface area contributed by atoms with Crippen molar-refractivity contribution in [3.8, 4) is 0 Å². The number of hydrogen-bond acceptors (Lipinski definition) is 2. The first-order valence-electron chi connectivity index (χ1n) is 7.27. The maximum atomic E-state index is 12.5. The summed E-state index contributed by atoms with van der Waals surface area (Å²) in [6.45, 7) is 6.52. The van der Waals surface area contributed by atoms with Crippen molar-refractivity contribution in [1.29, 1.82) is 0 Å². The van der Waals surface area contributed by atoms with E-state index >= 15 is 0 Å². The molecule has 0 radical (unpaired) electrons. The molecule has 98 valence electrons. The van der Waals surface area contributed by atoms with Crippen LogP contribution in [0, 0.1) is 5.92 Å². The van der Waals surface area contributed by atoms with Gasteiger partial charge in [0.15, 0.2) is 0 Å². The zero-order valence-electron chi connectivity index (χ0n) is 11.4. The smallest absolute Gasteiger partial charge is 0.241 e. The van der Waals surface area contributed by atoms with Crippen LogP contribution in [-0.4, -0.2) is 29.1 Å². The molecule has 0 spiro atoms. The molecule has 1 amide bonds. The number of carbonyl (C=O) groups is 1. The lowest BCUT2D eigenvalue weighted by molar-refractivity contribution is -0.133. The number of rotatable bonds is 4. The lowest BCUT2D eigenvalue weighted by Crippen LogP contribution is -2.43. The summed E-state index contributed by atoms with van der Waals surface area (Å²) in [5.74, 6) is 0.807. The zero-order chi connectivity index (χ0) is 12.4. The van der Waals surface area contributed by atoms with Crippen molar-refractivity contribution in [3.63, 3.8) is 0 Å². The maximum Gasteiger partial charge on any atom is 0.241 e. The highest BCUT2D eigenvalue weighted by atomic mass is 16.2. The quantitative estimate of drug-likeness (QED) is 0.816. The minimum absolute atomic E-state index is 0.0607. The van der Waals surface area contributed by atoms with E-state index in [2.05, 4.69) is 31.0 Å². The molecule has 2 aliphatic rings. The predicted molar refractivity (Wildman–Crippen MR) is 69.6 cm³/mol. The minimum Gasteiger partial charge on any atom is -0.323 e. The van der Waals surface area contributed by atoms with E-state index in [0.717, 1.165) is 12.8 Å². The average molecular weight is 238 g/mol. The third-order valence-corrected chi connectivity index (χ3v) is 4.55. The molecule has 17 heavy (non-hydrogen) atoms. The van der Waals surface area contributed by atoms with Gasteiger partial charge in [0.1, 0.15) is 0 Å². The van der Waals surface area contributed by atoms with Crippen LogP contribution in [0.5, 0.6) is 0 Å². The van der Waals surface area contributed by atoms with Gasteiger partial charge in [-0.3, -0.25) is 10.1 Å². The molecule has 3 heteroatoms. The molecule has 0 aromatic heterocycles. The van der Waals surface area contributed by atoms with Crippen molar-refractivity contribution in [2.45, 2.75) is 77.5 Å². The Balaban J connectivity index is 2.10. The summed E-state index contributed by atoms with van der Waals surface area (Å²) in [7, 11) is 0. The molecule has 3 nitrogen and oxygen atoms in total. The van der Waals surface area contributed by atoms with Gasteiger partial charge in [0.2, 0.25) is 5.91 Å². The first kappa shape index (κ1) is 12.9. The van der Waals surface area contributed by atoms with Crippen molar-refractivity contribution in [2.24, 2.45) is 5.92 Å². The molecule has 3 unspecified atom stereocenters. The fourth-order valence-electron chi connectivity index (χ4n) is 3.25. The topological polar surface area (TPSA) is 32.3 Å². The molecule has 1 N–H and O–H groups in total. The molecular weight excluding hydrogens is 212 g/mol. The molecule has 0 aromatic carbocycles. The Hall–Kier alpha value is -0.570. The van der Waals surface area contributed by atoms with E-state index in [0.29, 0.717) is 17.9 Å². The molecule has 3 atom stereocenters. The van der Waals surface area contributed by atoms with Gasteiger partial charge in [0.05, 0.1) is 12.2 Å². The minimum atomic E-state index is 0.0607. The van der Waals surface area contributed by atoms with Crippen molar-refractivity contribution in [1.82, 2.24) is 10.2 Å². The SMILES string of the molecule is CCC(C)C1NC(CC)N(C2CCCC2)C1=O. The highest BCUT2D eigenvalue weighted by molar-refractivity contribution is 5.85. The molecule has 1 aliphatic carbocycles. The number of amides is 1. The number of nitrogens with one attached hydrogen (secondary N) is 1. The van der Waals surface area contributed by atoms with Gasteiger partial charge in [-0.15, -0.1) is 0 Å². The van der Waals surface area contributed by atoms with E-state index in [1.165, 1.54) is 25.7 Å². The second-order valence-electron chi connectivity index (χ2n) is 5.64. The third-order valence-electron chi connectivity index (χ3n) is 4.55. The molecule has 2 fully saturated rings. The second kappa shape index (κ2) is 5.38. The van der Waals surface area contributed by atoms with E-state index in [1.807, 2.05) is 0 Å². The van der Waals surface area contributed by atoms with Gasteiger partial charge in [0, 0.05) is 6.04 Å². The Bertz CT molecular complexity index is 273. The van der Waals surface area contributed by atoms with Crippen molar-refractivity contribution < 1.29 is 4.79 Å². The van der Waals surface area contributed by atoms with Crippen molar-refractivity contribution >= 4 is 5.91 Å². The molecule has 1 heterocycles. The van der Waals surface area contributed by atoms with Crippen molar-refractivity contribution in [3.05, 3.63) is 0 Å². The monoisotopic (exact) mass is 238 g/mol. The van der Waals surface area contributed by atoms with Crippen LogP contribution in [0.4, 0.5) is 0 Å². The lowest BCUT2D eigenvalue weighted by atomic mass is 9.99. The normalized spacial score (nSPS) is 32.4. The Labute approximate surface area is 105 Å². The van der Waals surface area contributed by atoms with Gasteiger partial charge >= 0.3 is 0 Å². The first-order chi connectivity index (χ1) is 8.19. The molecular formula is C14H26N2O. The fourth-order valence-corrected chi connectivity index (χ4v) is 3.25. The van der Waals surface area contributed by atoms with Gasteiger partial charge in [0.25, 0.3) is 0 Å². The van der Waals surface area contributed by atoms with E-state index in [4.69, 9.17) is 0 Å². The highest BCUT2D eigenvalue weighted by Gasteiger charge is 2.43. The van der Waals surface area contributed by atoms with Gasteiger partial charge in [-0.25, -0.2) is 0 Å². The van der Waals surface area contributed by atoms with Crippen LogP contribution >= 0.6 is 0 Å². The van der Waals surface area contributed by atoms with Gasteiger partial charge in [-0.05, 0) is 25.2 Å². The molecule has 2 rings (SSSR count). The zero-order valence-corrected chi connectivity index (χ0v) is 11.4. The second-order valence-corrected chi connectivity index (χ2v) is 5.64. The highest BCUT2D eigenvalue weighted by Crippen LogP contribution is 2.30. The number of carbonyl (C=O) groups excluding carboxylic acids is 1. The Morgan fingerprint density at radius 2 is 2.00 bits per heavy atom. The summed E-state index contributed by atoms with van der Waals surface area (Å²) in [4.78, 5) is 14.7. The van der Waals surface area contributed by atoms with Crippen LogP contribution in [-0.2, 0) is 4.79 Å². The van der Waals surface area contributed by atoms with Crippen LogP contribution in [0.3, 0.4) is 0 Å². The van der Waals surface area contributed by atoms with Crippen molar-refractivity contribution in [2.75, 3.05) is 0 Å². The molecule has 0 aromatic rings. The predicted octanol–water partition coefficient (Wildman–Crippen LogP) is 2.51. The van der Waals surface area contributed by atoms with Crippen LogP contribution in [0.15, 0.2) is 0 Å². The Morgan fingerprint density at radius 3 is 2.53 bits per heavy atom. The third kappa shape index (κ3) is 2.35. The van der Waals surface area contributed by atoms with E-state index < -0.39 is 0 Å². The summed E-state index contributed by atoms with van der Waals surface area (Å²) in [5.41, 5.74) is 0. The average Bonchev–Trinajstić information content (AvgIpc) is 2.95. The summed E-state index contributed by atoms with van der Waals surface area (Å²) >= 11 is 0. The Morgan fingerprint density at radius 1 is 1.35 bits per heavy atom. The molecule has 1 saturated carbocycles. The first-order valence-corrected chi connectivity index (χ1v) is 7.27. The summed E-state index contributed by atoms with van der Waals surface area (Å²) in [6, 6.07) is 0.569. The Kier molecular flexibility index (Phi) is 4.08. The van der Waals surface area contributed by atoms with E-state index in [1.54, 1.807) is 0 Å². The molecule has 0 bridgehead atoms. The summed E-state index contributed by atoms with van der Waals surface area (Å²) < 4.78 is 0. The van der Waals surface area contributed by atoms with Gasteiger partial charge < -0.3 is 4.90 Å². The molecule has 1 saturated heterocycles. The fraction of sp³-hybridized carbons (Fsp3) is 0.929. The van der Waals surface area contributed by atoms with Crippen LogP contribution in [0.1, 0.15) is 59.3 Å². The van der Waals surface area contributed by atoms with Crippen LogP contribution < -0.4 is 5.32 Å². The summed E-state index contributed by atoms with van der Waals surface area (Å²) in [6.07, 6.45) is 7.36. The lowest BCUT2D eigenvalue weighted by Gasteiger charge is -2.29. The number of nitrogens with zero attached hydrogens (tertiary/aromatic N) is 1. The van der Waals surface area contributed by atoms with Gasteiger partial charge in [-0.2, -0.15) is 0 Å². The standard InChI is InChI=1S/C14H26N2O/c1-4-10(3)13-14(17)16(12(5-2)15-13)11-8-6-7-9-11/h10-13,15H,4-9H2,1-3H3. The van der Waals surface area contributed by atoms with E-state index in [9.17, 15) is 4.79 Å².